The van der Waals surface area contributed by atoms with Crippen LogP contribution in [0.5, 0.6) is 5.75 Å². The molecule has 146 valence electrons. The fourth-order valence-electron chi connectivity index (χ4n) is 2.99. The Morgan fingerprint density at radius 1 is 1.11 bits per heavy atom. The van der Waals surface area contributed by atoms with Crippen molar-refractivity contribution >= 4 is 33.0 Å². The van der Waals surface area contributed by atoms with Gasteiger partial charge in [0.15, 0.2) is 0 Å². The molecule has 0 N–H and O–H groups in total. The van der Waals surface area contributed by atoms with Crippen LogP contribution >= 0.6 is 11.3 Å². The van der Waals surface area contributed by atoms with E-state index in [1.54, 1.807) is 5.38 Å². The van der Waals surface area contributed by atoms with Gasteiger partial charge >= 0.3 is 5.97 Å². The summed E-state index contributed by atoms with van der Waals surface area (Å²) in [5.74, 6) is 0.187. The summed E-state index contributed by atoms with van der Waals surface area (Å²) in [6.45, 7) is 4.41. The normalized spacial score (nSPS) is 15.6. The van der Waals surface area contributed by atoms with Crippen LogP contribution in [0.15, 0.2) is 40.6 Å². The second kappa shape index (κ2) is 8.28. The van der Waals surface area contributed by atoms with Crippen molar-refractivity contribution in [3.63, 3.8) is 0 Å². The zero-order valence-electron chi connectivity index (χ0n) is 15.3. The zero-order valence-corrected chi connectivity index (χ0v) is 16.9. The maximum absolute atomic E-state index is 12.9. The average molecular weight is 411 g/mol. The van der Waals surface area contributed by atoms with Crippen molar-refractivity contribution in [2.75, 3.05) is 44.8 Å². The Labute approximate surface area is 163 Å². The summed E-state index contributed by atoms with van der Waals surface area (Å²) in [4.78, 5) is 14.1. The minimum absolute atomic E-state index is 0.0221. The van der Waals surface area contributed by atoms with E-state index in [1.807, 2.05) is 31.2 Å². The molecular formula is C18H22N2O5S2. The number of carbonyl (C=O) groups is 1. The highest BCUT2D eigenvalue weighted by Crippen LogP contribution is 2.28. The monoisotopic (exact) mass is 410 g/mol. The number of methoxy groups -OCH3 is 1. The molecule has 2 heterocycles. The minimum atomic E-state index is -3.73. The molecule has 0 aliphatic carbocycles. The van der Waals surface area contributed by atoms with Gasteiger partial charge in [0.05, 0.1) is 13.7 Å². The average Bonchev–Trinajstić information content (AvgIpc) is 3.19. The predicted molar refractivity (Wildman–Crippen MR) is 104 cm³/mol. The molecule has 1 aliphatic heterocycles. The molecule has 1 fully saturated rings. The number of hydrogen-bond acceptors (Lipinski definition) is 7. The molecule has 0 saturated carbocycles. The number of nitrogens with zero attached hydrogens (tertiary/aromatic N) is 2. The molecule has 1 aromatic heterocycles. The van der Waals surface area contributed by atoms with E-state index in [4.69, 9.17) is 4.74 Å². The first-order valence-electron chi connectivity index (χ1n) is 8.61. The van der Waals surface area contributed by atoms with E-state index in [1.165, 1.54) is 17.5 Å². The maximum atomic E-state index is 12.9. The molecule has 1 saturated heterocycles. The van der Waals surface area contributed by atoms with E-state index in [2.05, 4.69) is 9.64 Å². The number of thiophene rings is 1. The summed E-state index contributed by atoms with van der Waals surface area (Å²) in [5.41, 5.74) is 1.03. The molecule has 0 bridgehead atoms. The lowest BCUT2D eigenvalue weighted by Crippen LogP contribution is -2.48. The van der Waals surface area contributed by atoms with E-state index >= 15 is 0 Å². The van der Waals surface area contributed by atoms with Gasteiger partial charge in [-0.25, -0.2) is 13.2 Å². The van der Waals surface area contributed by atoms with Gasteiger partial charge in [-0.05, 0) is 42.6 Å². The Kier molecular flexibility index (Phi) is 6.03. The third-order valence-corrected chi connectivity index (χ3v) is 7.33. The van der Waals surface area contributed by atoms with Crippen molar-refractivity contribution in [2.24, 2.45) is 0 Å². The molecule has 1 aromatic carbocycles. The first-order chi connectivity index (χ1) is 13.0. The lowest BCUT2D eigenvalue weighted by molar-refractivity contribution is 0.0602. The van der Waals surface area contributed by atoms with Crippen molar-refractivity contribution in [3.05, 3.63) is 40.6 Å². The molecule has 0 spiro atoms. The number of ether oxygens (including phenoxy) is 2. The van der Waals surface area contributed by atoms with Crippen LogP contribution in [0, 0.1) is 0 Å². The molecule has 2 aromatic rings. The summed E-state index contributed by atoms with van der Waals surface area (Å²) < 4.78 is 37.4. The van der Waals surface area contributed by atoms with E-state index in [-0.39, 0.29) is 9.77 Å². The summed E-state index contributed by atoms with van der Waals surface area (Å²) in [6, 6.07) is 9.24. The van der Waals surface area contributed by atoms with Crippen LogP contribution in [0.3, 0.4) is 0 Å². The highest BCUT2D eigenvalue weighted by molar-refractivity contribution is 7.89. The summed E-state index contributed by atoms with van der Waals surface area (Å²) in [5, 5.41) is 1.59. The predicted octanol–water partition coefficient (Wildman–Crippen LogP) is 2.44. The molecule has 7 nitrogen and oxygen atoms in total. The summed E-state index contributed by atoms with van der Waals surface area (Å²) in [7, 11) is -2.48. The zero-order chi connectivity index (χ0) is 19.4. The van der Waals surface area contributed by atoms with Gasteiger partial charge in [-0.3, -0.25) is 0 Å². The van der Waals surface area contributed by atoms with Gasteiger partial charge in [0.1, 0.15) is 15.5 Å². The van der Waals surface area contributed by atoms with Crippen molar-refractivity contribution in [1.29, 1.82) is 0 Å². The van der Waals surface area contributed by atoms with Gasteiger partial charge in [-0.2, -0.15) is 4.31 Å². The van der Waals surface area contributed by atoms with Crippen LogP contribution < -0.4 is 9.64 Å². The summed E-state index contributed by atoms with van der Waals surface area (Å²) >= 11 is 1.07. The highest BCUT2D eigenvalue weighted by atomic mass is 32.2. The first-order valence-corrected chi connectivity index (χ1v) is 10.9. The number of carbonyl (C=O) groups excluding carboxylic acids is 1. The molecule has 1 aliphatic rings. The van der Waals surface area contributed by atoms with Gasteiger partial charge in [-0.15, -0.1) is 11.3 Å². The Morgan fingerprint density at radius 3 is 2.37 bits per heavy atom. The minimum Gasteiger partial charge on any atom is -0.494 e. The number of rotatable bonds is 6. The van der Waals surface area contributed by atoms with Crippen molar-refractivity contribution < 1.29 is 22.7 Å². The molecular weight excluding hydrogens is 388 g/mol. The van der Waals surface area contributed by atoms with Crippen LogP contribution in [0.2, 0.25) is 0 Å². The lowest BCUT2D eigenvalue weighted by atomic mass is 10.2. The van der Waals surface area contributed by atoms with Crippen LogP contribution in [0.1, 0.15) is 16.6 Å². The molecule has 3 rings (SSSR count). The Morgan fingerprint density at radius 2 is 1.78 bits per heavy atom. The maximum Gasteiger partial charge on any atom is 0.349 e. The number of anilines is 1. The largest absolute Gasteiger partial charge is 0.494 e. The van der Waals surface area contributed by atoms with E-state index < -0.39 is 16.0 Å². The van der Waals surface area contributed by atoms with Gasteiger partial charge in [0.25, 0.3) is 0 Å². The molecule has 0 amide bonds. The number of piperazine rings is 1. The number of esters is 1. The van der Waals surface area contributed by atoms with Gasteiger partial charge in [0.2, 0.25) is 10.0 Å². The highest BCUT2D eigenvalue weighted by Gasteiger charge is 2.32. The second-order valence-corrected chi connectivity index (χ2v) is 8.75. The number of sulfonamides is 1. The van der Waals surface area contributed by atoms with E-state index in [0.29, 0.717) is 32.8 Å². The van der Waals surface area contributed by atoms with Crippen LogP contribution in [-0.4, -0.2) is 58.6 Å². The summed E-state index contributed by atoms with van der Waals surface area (Å²) in [6.07, 6.45) is 0. The van der Waals surface area contributed by atoms with E-state index in [0.717, 1.165) is 22.8 Å². The van der Waals surface area contributed by atoms with Crippen molar-refractivity contribution in [1.82, 2.24) is 4.31 Å². The van der Waals surface area contributed by atoms with Crippen molar-refractivity contribution in [3.8, 4) is 5.75 Å². The quantitative estimate of drug-likeness (QED) is 0.681. The molecule has 0 radical (unpaired) electrons. The van der Waals surface area contributed by atoms with Gasteiger partial charge < -0.3 is 14.4 Å². The number of benzene rings is 1. The number of hydrogen-bond donors (Lipinski definition) is 0. The fraction of sp³-hybridized carbons (Fsp3) is 0.389. The van der Waals surface area contributed by atoms with Crippen LogP contribution in [0.25, 0.3) is 0 Å². The Hall–Kier alpha value is -2.10. The first kappa shape index (κ1) is 19.7. The van der Waals surface area contributed by atoms with Crippen LogP contribution in [-0.2, 0) is 14.8 Å². The lowest BCUT2D eigenvalue weighted by Gasteiger charge is -2.35. The topological polar surface area (TPSA) is 76.2 Å². The van der Waals surface area contributed by atoms with Gasteiger partial charge in [0, 0.05) is 31.9 Å². The third-order valence-electron chi connectivity index (χ3n) is 4.37. The smallest absolute Gasteiger partial charge is 0.349 e. The molecule has 9 heteroatoms. The van der Waals surface area contributed by atoms with Crippen molar-refractivity contribution in [2.45, 2.75) is 11.8 Å². The van der Waals surface area contributed by atoms with E-state index in [9.17, 15) is 13.2 Å². The molecule has 0 unspecified atom stereocenters. The van der Waals surface area contributed by atoms with Crippen LogP contribution in [0.4, 0.5) is 5.69 Å². The third kappa shape index (κ3) is 4.10. The van der Waals surface area contributed by atoms with Gasteiger partial charge in [-0.1, -0.05) is 0 Å². The Bertz CT molecular complexity index is 885. The second-order valence-electron chi connectivity index (χ2n) is 5.92. The molecule has 0 atom stereocenters. The molecule has 27 heavy (non-hydrogen) atoms. The standard InChI is InChI=1S/C18H22N2O5S2/c1-3-25-15-6-4-14(5-7-15)19-9-11-20(12-10-19)27(22,23)16-8-13-26-17(16)18(21)24-2/h4-8,13H,3,9-12H2,1-2H3. The SMILES string of the molecule is CCOc1ccc(N2CCN(S(=O)(=O)c3ccsc3C(=O)OC)CC2)cc1. The Balaban J connectivity index is 1.70. The fourth-order valence-corrected chi connectivity index (χ4v) is 5.72.